The van der Waals surface area contributed by atoms with Gasteiger partial charge in [0.25, 0.3) is 0 Å². The summed E-state index contributed by atoms with van der Waals surface area (Å²) in [5.74, 6) is 0.266. The Bertz CT molecular complexity index is 1240. The summed E-state index contributed by atoms with van der Waals surface area (Å²) in [5.41, 5.74) is 6.59. The molecule has 3 atom stereocenters. The van der Waals surface area contributed by atoms with Gasteiger partial charge in [-0.3, -0.25) is 0 Å². The number of hydrogen-bond donors (Lipinski definition) is 1. The smallest absolute Gasteiger partial charge is 0.101 e. The molecule has 0 bridgehead atoms. The number of hydrogen-bond acceptors (Lipinski definition) is 1. The van der Waals surface area contributed by atoms with E-state index < -0.39 is 5.60 Å². The largest absolute Gasteiger partial charge is 0.384 e. The van der Waals surface area contributed by atoms with Crippen LogP contribution < -0.4 is 0 Å². The second-order valence-electron chi connectivity index (χ2n) is 9.63. The molecule has 2 aliphatic rings. The van der Waals surface area contributed by atoms with E-state index in [1.54, 1.807) is 0 Å². The molecule has 4 aromatic rings. The van der Waals surface area contributed by atoms with Crippen LogP contribution in [0.3, 0.4) is 0 Å². The fourth-order valence-corrected chi connectivity index (χ4v) is 6.57. The number of fused-ring (bicyclic) bond motifs is 2. The second-order valence-corrected chi connectivity index (χ2v) is 9.63. The van der Waals surface area contributed by atoms with Crippen LogP contribution in [0.4, 0.5) is 0 Å². The molecule has 0 heterocycles. The lowest BCUT2D eigenvalue weighted by atomic mass is 9.61. The predicted molar refractivity (Wildman–Crippen MR) is 130 cm³/mol. The van der Waals surface area contributed by atoms with Crippen LogP contribution >= 0.6 is 0 Å². The van der Waals surface area contributed by atoms with Crippen molar-refractivity contribution in [3.05, 3.63) is 143 Å². The summed E-state index contributed by atoms with van der Waals surface area (Å²) in [7, 11) is 0. The van der Waals surface area contributed by atoms with Gasteiger partial charge in [0.05, 0.1) is 0 Å². The summed E-state index contributed by atoms with van der Waals surface area (Å²) < 4.78 is 0. The summed E-state index contributed by atoms with van der Waals surface area (Å²) in [6, 6.07) is 38.8. The lowest BCUT2D eigenvalue weighted by Crippen LogP contribution is -2.48. The van der Waals surface area contributed by atoms with E-state index in [4.69, 9.17) is 0 Å². The monoisotopic (exact) mass is 416 g/mol. The van der Waals surface area contributed by atoms with Crippen molar-refractivity contribution in [2.75, 3.05) is 0 Å². The van der Waals surface area contributed by atoms with E-state index in [1.165, 1.54) is 27.8 Å². The summed E-state index contributed by atoms with van der Waals surface area (Å²) in [6.07, 6.45) is 3.42. The van der Waals surface area contributed by atoms with E-state index in [9.17, 15) is 5.11 Å². The van der Waals surface area contributed by atoms with Gasteiger partial charge in [0.15, 0.2) is 0 Å². The first-order valence-electron chi connectivity index (χ1n) is 11.7. The molecule has 1 heteroatoms. The molecule has 2 aliphatic carbocycles. The third-order valence-electron chi connectivity index (χ3n) is 7.98. The minimum Gasteiger partial charge on any atom is -0.384 e. The van der Waals surface area contributed by atoms with Gasteiger partial charge in [-0.1, -0.05) is 109 Å². The molecule has 0 fully saturated rings. The van der Waals surface area contributed by atoms with Crippen LogP contribution in [0.5, 0.6) is 0 Å². The molecule has 4 aromatic carbocycles. The Morgan fingerprint density at radius 3 is 1.94 bits per heavy atom. The third kappa shape index (κ3) is 2.88. The van der Waals surface area contributed by atoms with Gasteiger partial charge in [-0.25, -0.2) is 0 Å². The maximum Gasteiger partial charge on any atom is 0.101 e. The molecule has 0 saturated carbocycles. The molecule has 0 unspecified atom stereocenters. The molecular formula is C31H28O. The molecule has 0 radical (unpaired) electrons. The molecule has 1 spiro atoms. The van der Waals surface area contributed by atoms with Gasteiger partial charge in [-0.05, 0) is 58.6 Å². The number of benzene rings is 4. The minimum atomic E-state index is -0.913. The molecular weight excluding hydrogens is 388 g/mol. The van der Waals surface area contributed by atoms with Crippen molar-refractivity contribution in [1.29, 1.82) is 0 Å². The highest BCUT2D eigenvalue weighted by atomic mass is 16.3. The van der Waals surface area contributed by atoms with E-state index in [1.807, 2.05) is 0 Å². The first-order chi connectivity index (χ1) is 15.7. The van der Waals surface area contributed by atoms with Gasteiger partial charge in [0.2, 0.25) is 0 Å². The summed E-state index contributed by atoms with van der Waals surface area (Å²) in [6.45, 7) is 0. The molecule has 6 rings (SSSR count). The first-order valence-corrected chi connectivity index (χ1v) is 11.7. The molecule has 0 amide bonds. The fraction of sp³-hybridized carbons (Fsp3) is 0.226. The Morgan fingerprint density at radius 2 is 1.19 bits per heavy atom. The lowest BCUT2D eigenvalue weighted by Gasteiger charge is -2.45. The SMILES string of the molecule is O[C@@]1(Cc2ccccc2)c2ccccc2C[C@@]12Cc1ccccc1[C@H]2Cc1ccccc1. The Balaban J connectivity index is 1.53. The maximum atomic E-state index is 12.8. The zero-order valence-corrected chi connectivity index (χ0v) is 18.2. The summed E-state index contributed by atoms with van der Waals surface area (Å²) >= 11 is 0. The van der Waals surface area contributed by atoms with Crippen molar-refractivity contribution in [2.24, 2.45) is 5.41 Å². The lowest BCUT2D eigenvalue weighted by molar-refractivity contribution is -0.0878. The first kappa shape index (κ1) is 19.5. The van der Waals surface area contributed by atoms with Gasteiger partial charge >= 0.3 is 0 Å². The van der Waals surface area contributed by atoms with Crippen molar-refractivity contribution in [1.82, 2.24) is 0 Å². The van der Waals surface area contributed by atoms with Gasteiger partial charge in [-0.15, -0.1) is 0 Å². The quantitative estimate of drug-likeness (QED) is 0.417. The Labute approximate surface area is 190 Å². The second kappa shape index (κ2) is 7.46. The van der Waals surface area contributed by atoms with Crippen molar-refractivity contribution < 1.29 is 5.11 Å². The summed E-state index contributed by atoms with van der Waals surface area (Å²) in [4.78, 5) is 0. The van der Waals surface area contributed by atoms with Crippen molar-refractivity contribution >= 4 is 0 Å². The Morgan fingerprint density at radius 1 is 0.625 bits per heavy atom. The highest BCUT2D eigenvalue weighted by Crippen LogP contribution is 2.64. The van der Waals surface area contributed by atoms with E-state index in [-0.39, 0.29) is 11.3 Å². The standard InChI is InChI=1S/C31H28O/c32-31(20-24-13-5-2-6-14-24)28-18-10-8-16-26(28)22-30(31)21-25-15-7-9-17-27(25)29(30)19-23-11-3-1-4-12-23/h1-18,29,32H,19-22H2/t29-,30-,31+/m1/s1. The van der Waals surface area contributed by atoms with Crippen LogP contribution in [-0.2, 0) is 31.3 Å². The van der Waals surface area contributed by atoms with Crippen LogP contribution in [0.2, 0.25) is 0 Å². The Hall–Kier alpha value is -3.16. The van der Waals surface area contributed by atoms with E-state index in [2.05, 4.69) is 109 Å². The van der Waals surface area contributed by atoms with Crippen LogP contribution in [0.15, 0.2) is 109 Å². The number of rotatable bonds is 4. The van der Waals surface area contributed by atoms with Crippen LogP contribution in [0.1, 0.15) is 39.3 Å². The van der Waals surface area contributed by atoms with E-state index >= 15 is 0 Å². The van der Waals surface area contributed by atoms with Crippen molar-refractivity contribution in [3.8, 4) is 0 Å². The molecule has 0 aromatic heterocycles. The van der Waals surface area contributed by atoms with Crippen molar-refractivity contribution in [2.45, 2.75) is 37.2 Å². The average molecular weight is 417 g/mol. The zero-order chi connectivity index (χ0) is 21.6. The molecule has 0 saturated heterocycles. The number of aliphatic hydroxyl groups is 1. The third-order valence-corrected chi connectivity index (χ3v) is 7.98. The van der Waals surface area contributed by atoms with Crippen molar-refractivity contribution in [3.63, 3.8) is 0 Å². The minimum absolute atomic E-state index is 0.258. The topological polar surface area (TPSA) is 20.2 Å². The predicted octanol–water partition coefficient (Wildman–Crippen LogP) is 6.24. The maximum absolute atomic E-state index is 12.8. The van der Waals surface area contributed by atoms with Gasteiger partial charge < -0.3 is 5.11 Å². The zero-order valence-electron chi connectivity index (χ0n) is 18.2. The summed E-state index contributed by atoms with van der Waals surface area (Å²) in [5, 5.41) is 12.8. The van der Waals surface area contributed by atoms with E-state index in [0.717, 1.165) is 24.8 Å². The highest BCUT2D eigenvalue weighted by molar-refractivity contribution is 5.51. The molecule has 32 heavy (non-hydrogen) atoms. The van der Waals surface area contributed by atoms with Crippen LogP contribution in [0.25, 0.3) is 0 Å². The fourth-order valence-electron chi connectivity index (χ4n) is 6.57. The molecule has 1 N–H and O–H groups in total. The molecule has 0 aliphatic heterocycles. The average Bonchev–Trinajstić information content (AvgIpc) is 3.27. The van der Waals surface area contributed by atoms with Gasteiger partial charge in [-0.2, -0.15) is 0 Å². The van der Waals surface area contributed by atoms with Crippen LogP contribution in [-0.4, -0.2) is 5.11 Å². The Kier molecular flexibility index (Phi) is 4.55. The highest BCUT2D eigenvalue weighted by Gasteiger charge is 2.62. The molecule has 158 valence electrons. The van der Waals surface area contributed by atoms with Gasteiger partial charge in [0, 0.05) is 11.8 Å². The normalized spacial score (nSPS) is 25.6. The molecule has 1 nitrogen and oxygen atoms in total. The van der Waals surface area contributed by atoms with Crippen LogP contribution in [0, 0.1) is 5.41 Å². The van der Waals surface area contributed by atoms with E-state index in [0.29, 0.717) is 6.42 Å². The van der Waals surface area contributed by atoms with Gasteiger partial charge in [0.1, 0.15) is 5.60 Å².